The zero-order chi connectivity index (χ0) is 15.4. The Kier molecular flexibility index (Phi) is 4.99. The summed E-state index contributed by atoms with van der Waals surface area (Å²) in [6.45, 7) is 6.05. The van der Waals surface area contributed by atoms with E-state index in [0.717, 1.165) is 30.4 Å². The quantitative estimate of drug-likeness (QED) is 0.822. The first-order chi connectivity index (χ1) is 9.99. The highest BCUT2D eigenvalue weighted by Gasteiger charge is 2.25. The Bertz CT molecular complexity index is 540. The van der Waals surface area contributed by atoms with Gasteiger partial charge in [0.05, 0.1) is 0 Å². The molecule has 2 amide bonds. The molecule has 1 aromatic carbocycles. The molecule has 1 aromatic rings. The van der Waals surface area contributed by atoms with Crippen LogP contribution >= 0.6 is 0 Å². The standard InChI is InChI=1S/C17H24N2O2/c1-11-8-6-10-15(13(11)3)19-17(21)16(20)18-14-9-5-4-7-12(14)2/h6,8,10,12,14H,4-5,7,9H2,1-3H3,(H,18,20)(H,19,21)/t12-,14+/m1/s1. The van der Waals surface area contributed by atoms with Gasteiger partial charge in [0.2, 0.25) is 0 Å². The van der Waals surface area contributed by atoms with Crippen molar-refractivity contribution >= 4 is 17.5 Å². The van der Waals surface area contributed by atoms with Gasteiger partial charge in [-0.2, -0.15) is 0 Å². The van der Waals surface area contributed by atoms with Gasteiger partial charge < -0.3 is 10.6 Å². The van der Waals surface area contributed by atoms with Gasteiger partial charge in [-0.3, -0.25) is 9.59 Å². The molecule has 0 aromatic heterocycles. The van der Waals surface area contributed by atoms with Crippen molar-refractivity contribution in [3.8, 4) is 0 Å². The summed E-state index contributed by atoms with van der Waals surface area (Å²) >= 11 is 0. The molecule has 1 fully saturated rings. The lowest BCUT2D eigenvalue weighted by Crippen LogP contribution is -2.45. The number of aryl methyl sites for hydroxylation is 1. The third kappa shape index (κ3) is 3.84. The summed E-state index contributed by atoms with van der Waals surface area (Å²) in [4.78, 5) is 24.1. The molecular weight excluding hydrogens is 264 g/mol. The summed E-state index contributed by atoms with van der Waals surface area (Å²) in [5.41, 5.74) is 2.78. The fourth-order valence-electron chi connectivity index (χ4n) is 2.83. The smallest absolute Gasteiger partial charge is 0.313 e. The number of hydrogen-bond donors (Lipinski definition) is 2. The minimum absolute atomic E-state index is 0.121. The van der Waals surface area contributed by atoms with Crippen molar-refractivity contribution in [3.63, 3.8) is 0 Å². The fourth-order valence-corrected chi connectivity index (χ4v) is 2.83. The van der Waals surface area contributed by atoms with Crippen LogP contribution in [0.3, 0.4) is 0 Å². The van der Waals surface area contributed by atoms with E-state index >= 15 is 0 Å². The molecule has 1 aliphatic rings. The molecule has 4 heteroatoms. The number of carbonyl (C=O) groups excluding carboxylic acids is 2. The average Bonchev–Trinajstić information content (AvgIpc) is 2.46. The lowest BCUT2D eigenvalue weighted by atomic mass is 9.86. The van der Waals surface area contributed by atoms with Gasteiger partial charge in [0.25, 0.3) is 0 Å². The fraction of sp³-hybridized carbons (Fsp3) is 0.529. The lowest BCUT2D eigenvalue weighted by Gasteiger charge is -2.29. The maximum atomic E-state index is 12.0. The summed E-state index contributed by atoms with van der Waals surface area (Å²) in [7, 11) is 0. The highest BCUT2D eigenvalue weighted by molar-refractivity contribution is 6.39. The van der Waals surface area contributed by atoms with Crippen molar-refractivity contribution < 1.29 is 9.59 Å². The van der Waals surface area contributed by atoms with Crippen LogP contribution in [0.4, 0.5) is 5.69 Å². The van der Waals surface area contributed by atoms with Gasteiger partial charge in [-0.05, 0) is 49.8 Å². The van der Waals surface area contributed by atoms with E-state index in [4.69, 9.17) is 0 Å². The predicted molar refractivity (Wildman–Crippen MR) is 84.1 cm³/mol. The Morgan fingerprint density at radius 1 is 1.10 bits per heavy atom. The summed E-state index contributed by atoms with van der Waals surface area (Å²) in [5.74, 6) is -0.674. The van der Waals surface area contributed by atoms with E-state index < -0.39 is 11.8 Å². The third-order valence-corrected chi connectivity index (χ3v) is 4.49. The lowest BCUT2D eigenvalue weighted by molar-refractivity contribution is -0.137. The number of amides is 2. The molecule has 2 atom stereocenters. The van der Waals surface area contributed by atoms with E-state index in [1.165, 1.54) is 6.42 Å². The number of benzene rings is 1. The van der Waals surface area contributed by atoms with Gasteiger partial charge in [0.15, 0.2) is 0 Å². The van der Waals surface area contributed by atoms with Crippen LogP contribution in [0.2, 0.25) is 0 Å². The second-order valence-electron chi connectivity index (χ2n) is 6.04. The van der Waals surface area contributed by atoms with E-state index in [-0.39, 0.29) is 6.04 Å². The Morgan fingerprint density at radius 2 is 1.81 bits per heavy atom. The Hall–Kier alpha value is -1.84. The molecule has 21 heavy (non-hydrogen) atoms. The van der Waals surface area contributed by atoms with E-state index in [1.807, 2.05) is 32.0 Å². The number of hydrogen-bond acceptors (Lipinski definition) is 2. The monoisotopic (exact) mass is 288 g/mol. The molecule has 0 spiro atoms. The second kappa shape index (κ2) is 6.74. The van der Waals surface area contributed by atoms with E-state index in [9.17, 15) is 9.59 Å². The molecule has 0 saturated heterocycles. The van der Waals surface area contributed by atoms with Crippen molar-refractivity contribution in [3.05, 3.63) is 29.3 Å². The number of nitrogens with one attached hydrogen (secondary N) is 2. The van der Waals surface area contributed by atoms with Crippen LogP contribution in [0, 0.1) is 19.8 Å². The van der Waals surface area contributed by atoms with Crippen LogP contribution in [0.1, 0.15) is 43.7 Å². The number of carbonyl (C=O) groups is 2. The molecule has 0 unspecified atom stereocenters. The maximum Gasteiger partial charge on any atom is 0.313 e. The summed E-state index contributed by atoms with van der Waals surface area (Å²) in [6, 6.07) is 5.79. The van der Waals surface area contributed by atoms with E-state index in [1.54, 1.807) is 0 Å². The molecule has 2 N–H and O–H groups in total. The molecule has 2 rings (SSSR count). The molecule has 0 aliphatic heterocycles. The van der Waals surface area contributed by atoms with Gasteiger partial charge >= 0.3 is 11.8 Å². The van der Waals surface area contributed by atoms with Gasteiger partial charge in [0, 0.05) is 11.7 Å². The average molecular weight is 288 g/mol. The zero-order valence-electron chi connectivity index (χ0n) is 13.0. The molecule has 114 valence electrons. The minimum Gasteiger partial charge on any atom is -0.345 e. The van der Waals surface area contributed by atoms with Crippen LogP contribution < -0.4 is 10.6 Å². The van der Waals surface area contributed by atoms with Gasteiger partial charge in [-0.1, -0.05) is 31.9 Å². The first kappa shape index (κ1) is 15.5. The Balaban J connectivity index is 1.96. The molecule has 0 bridgehead atoms. The van der Waals surface area contributed by atoms with E-state index in [0.29, 0.717) is 11.6 Å². The Labute approximate surface area is 126 Å². The van der Waals surface area contributed by atoms with Crippen LogP contribution in [0.25, 0.3) is 0 Å². The summed E-state index contributed by atoms with van der Waals surface area (Å²) in [5, 5.41) is 5.58. The van der Waals surface area contributed by atoms with Crippen molar-refractivity contribution in [2.75, 3.05) is 5.32 Å². The van der Waals surface area contributed by atoms with Crippen LogP contribution in [-0.2, 0) is 9.59 Å². The highest BCUT2D eigenvalue weighted by Crippen LogP contribution is 2.23. The third-order valence-electron chi connectivity index (χ3n) is 4.49. The van der Waals surface area contributed by atoms with Crippen molar-refractivity contribution in [1.29, 1.82) is 0 Å². The molecular formula is C17H24N2O2. The van der Waals surface area contributed by atoms with Crippen LogP contribution in [0.15, 0.2) is 18.2 Å². The predicted octanol–water partition coefficient (Wildman–Crippen LogP) is 2.94. The van der Waals surface area contributed by atoms with Crippen molar-refractivity contribution in [2.45, 2.75) is 52.5 Å². The van der Waals surface area contributed by atoms with Crippen molar-refractivity contribution in [2.24, 2.45) is 5.92 Å². The minimum atomic E-state index is -0.582. The molecule has 1 aliphatic carbocycles. The SMILES string of the molecule is Cc1cccc(NC(=O)C(=O)N[C@H]2CCCC[C@H]2C)c1C. The zero-order valence-corrected chi connectivity index (χ0v) is 13.0. The number of anilines is 1. The number of rotatable bonds is 2. The highest BCUT2D eigenvalue weighted by atomic mass is 16.2. The van der Waals surface area contributed by atoms with Crippen molar-refractivity contribution in [1.82, 2.24) is 5.32 Å². The second-order valence-corrected chi connectivity index (χ2v) is 6.04. The Morgan fingerprint density at radius 3 is 2.52 bits per heavy atom. The first-order valence-corrected chi connectivity index (χ1v) is 7.67. The van der Waals surface area contributed by atoms with E-state index in [2.05, 4.69) is 17.6 Å². The van der Waals surface area contributed by atoms with Gasteiger partial charge in [0.1, 0.15) is 0 Å². The first-order valence-electron chi connectivity index (χ1n) is 7.67. The van der Waals surface area contributed by atoms with Gasteiger partial charge in [-0.25, -0.2) is 0 Å². The largest absolute Gasteiger partial charge is 0.345 e. The van der Waals surface area contributed by atoms with Gasteiger partial charge in [-0.15, -0.1) is 0 Å². The molecule has 0 heterocycles. The normalized spacial score (nSPS) is 21.7. The topological polar surface area (TPSA) is 58.2 Å². The summed E-state index contributed by atoms with van der Waals surface area (Å²) < 4.78 is 0. The molecule has 0 radical (unpaired) electrons. The maximum absolute atomic E-state index is 12.0. The summed E-state index contributed by atoms with van der Waals surface area (Å²) in [6.07, 6.45) is 4.41. The molecule has 1 saturated carbocycles. The van der Waals surface area contributed by atoms with Crippen LogP contribution in [0.5, 0.6) is 0 Å². The molecule has 4 nitrogen and oxygen atoms in total. The van der Waals surface area contributed by atoms with Crippen LogP contribution in [-0.4, -0.2) is 17.9 Å².